The van der Waals surface area contributed by atoms with E-state index >= 15 is 0 Å². The third kappa shape index (κ3) is 3.90. The number of amides is 1. The number of fused-ring (bicyclic) bond motifs is 1. The molecule has 1 unspecified atom stereocenters. The summed E-state index contributed by atoms with van der Waals surface area (Å²) in [5.41, 5.74) is 2.24. The fraction of sp³-hybridized carbons (Fsp3) is 0.467. The van der Waals surface area contributed by atoms with E-state index in [1.807, 2.05) is 6.07 Å². The van der Waals surface area contributed by atoms with Gasteiger partial charge < -0.3 is 4.74 Å². The lowest BCUT2D eigenvalue weighted by Crippen LogP contribution is -2.26. The predicted molar refractivity (Wildman–Crippen MR) is 90.0 cm³/mol. The zero-order chi connectivity index (χ0) is 17.3. The second-order valence-corrected chi connectivity index (χ2v) is 8.42. The van der Waals surface area contributed by atoms with Gasteiger partial charge in [0.05, 0.1) is 12.8 Å². The minimum absolute atomic E-state index is 0.116. The SMILES string of the molecule is CS(=O)(=O)OCC1CN(c2ccc3c(c2)CSCCC3=O)C(=O)O1. The third-order valence-corrected chi connectivity index (χ3v) is 5.35. The Morgan fingerprint density at radius 1 is 1.38 bits per heavy atom. The molecule has 9 heteroatoms. The number of ketones is 1. The molecule has 0 aliphatic carbocycles. The first-order chi connectivity index (χ1) is 11.3. The molecule has 1 atom stereocenters. The maximum atomic E-state index is 12.0. The average Bonchev–Trinajstić information content (AvgIpc) is 2.79. The Labute approximate surface area is 144 Å². The second kappa shape index (κ2) is 6.73. The maximum absolute atomic E-state index is 12.0. The summed E-state index contributed by atoms with van der Waals surface area (Å²) in [6.07, 6.45) is 0.266. The topological polar surface area (TPSA) is 90.0 Å². The summed E-state index contributed by atoms with van der Waals surface area (Å²) in [6.45, 7) is -0.00538. The molecule has 2 aliphatic rings. The number of hydrogen-bond acceptors (Lipinski definition) is 7. The van der Waals surface area contributed by atoms with Gasteiger partial charge in [0.25, 0.3) is 10.1 Å². The molecule has 1 aromatic carbocycles. The van der Waals surface area contributed by atoms with Crippen LogP contribution in [0.1, 0.15) is 22.3 Å². The molecule has 2 aliphatic heterocycles. The van der Waals surface area contributed by atoms with Gasteiger partial charge in [0.15, 0.2) is 5.78 Å². The molecule has 1 fully saturated rings. The van der Waals surface area contributed by atoms with Crippen molar-refractivity contribution in [3.63, 3.8) is 0 Å². The number of rotatable bonds is 4. The second-order valence-electron chi connectivity index (χ2n) is 5.67. The van der Waals surface area contributed by atoms with Crippen molar-refractivity contribution in [1.82, 2.24) is 0 Å². The Bertz CT molecular complexity index is 776. The first-order valence-electron chi connectivity index (χ1n) is 7.40. The summed E-state index contributed by atoms with van der Waals surface area (Å²) in [7, 11) is -3.58. The highest BCUT2D eigenvalue weighted by molar-refractivity contribution is 7.98. The van der Waals surface area contributed by atoms with Crippen molar-refractivity contribution >= 4 is 39.4 Å². The van der Waals surface area contributed by atoms with Crippen molar-refractivity contribution in [3.8, 4) is 0 Å². The van der Waals surface area contributed by atoms with Crippen LogP contribution in [0.15, 0.2) is 18.2 Å². The quantitative estimate of drug-likeness (QED) is 0.746. The van der Waals surface area contributed by atoms with E-state index in [0.717, 1.165) is 23.3 Å². The van der Waals surface area contributed by atoms with Crippen LogP contribution in [0.4, 0.5) is 10.5 Å². The van der Waals surface area contributed by atoms with Gasteiger partial charge in [-0.1, -0.05) is 0 Å². The normalized spacial score (nSPS) is 21.4. The highest BCUT2D eigenvalue weighted by atomic mass is 32.2. The fourth-order valence-electron chi connectivity index (χ4n) is 2.64. The molecule has 1 aromatic rings. The number of nitrogens with zero attached hydrogens (tertiary/aromatic N) is 1. The van der Waals surface area contributed by atoms with E-state index in [-0.39, 0.29) is 18.9 Å². The van der Waals surface area contributed by atoms with Gasteiger partial charge >= 0.3 is 6.09 Å². The number of hydrogen-bond donors (Lipinski definition) is 0. The molecule has 130 valence electrons. The van der Waals surface area contributed by atoms with Crippen molar-refractivity contribution in [2.75, 3.05) is 30.1 Å². The van der Waals surface area contributed by atoms with Gasteiger partial charge in [-0.05, 0) is 23.8 Å². The minimum Gasteiger partial charge on any atom is -0.441 e. The first-order valence-corrected chi connectivity index (χ1v) is 10.4. The summed E-state index contributed by atoms with van der Waals surface area (Å²) in [4.78, 5) is 25.5. The molecule has 0 bridgehead atoms. The Kier molecular flexibility index (Phi) is 4.84. The summed E-state index contributed by atoms with van der Waals surface area (Å²) < 4.78 is 31.9. The lowest BCUT2D eigenvalue weighted by Gasteiger charge is -2.15. The van der Waals surface area contributed by atoms with Crippen LogP contribution < -0.4 is 4.90 Å². The molecule has 7 nitrogen and oxygen atoms in total. The first kappa shape index (κ1) is 17.2. The molecule has 0 saturated carbocycles. The van der Waals surface area contributed by atoms with E-state index in [1.54, 1.807) is 23.9 Å². The average molecular weight is 371 g/mol. The monoisotopic (exact) mass is 371 g/mol. The highest BCUT2D eigenvalue weighted by Crippen LogP contribution is 2.29. The van der Waals surface area contributed by atoms with E-state index in [2.05, 4.69) is 4.18 Å². The van der Waals surface area contributed by atoms with Crippen LogP contribution in [0, 0.1) is 0 Å². The van der Waals surface area contributed by atoms with Gasteiger partial charge in [0, 0.05) is 29.2 Å². The van der Waals surface area contributed by atoms with Crippen molar-refractivity contribution < 1.29 is 26.9 Å². The Morgan fingerprint density at radius 2 is 2.17 bits per heavy atom. The Morgan fingerprint density at radius 3 is 2.92 bits per heavy atom. The fourth-order valence-corrected chi connectivity index (χ4v) is 3.97. The van der Waals surface area contributed by atoms with Gasteiger partial charge in [-0.25, -0.2) is 4.79 Å². The summed E-state index contributed by atoms with van der Waals surface area (Å²) >= 11 is 1.68. The molecular formula is C15H17NO6S2. The van der Waals surface area contributed by atoms with Crippen LogP contribution in [0.3, 0.4) is 0 Å². The van der Waals surface area contributed by atoms with Gasteiger partial charge in [-0.15, -0.1) is 0 Å². The van der Waals surface area contributed by atoms with Crippen molar-refractivity contribution in [1.29, 1.82) is 0 Å². The van der Waals surface area contributed by atoms with E-state index in [9.17, 15) is 18.0 Å². The zero-order valence-corrected chi connectivity index (χ0v) is 14.7. The molecule has 24 heavy (non-hydrogen) atoms. The summed E-state index contributed by atoms with van der Waals surface area (Å²) in [6, 6.07) is 5.28. The molecule has 0 spiro atoms. The maximum Gasteiger partial charge on any atom is 0.414 e. The van der Waals surface area contributed by atoms with Crippen LogP contribution in [0.2, 0.25) is 0 Å². The van der Waals surface area contributed by atoms with E-state index in [1.165, 1.54) is 4.90 Å². The van der Waals surface area contributed by atoms with Crippen molar-refractivity contribution in [2.24, 2.45) is 0 Å². The number of ether oxygens (including phenoxy) is 1. The lowest BCUT2D eigenvalue weighted by molar-refractivity contribution is 0.0989. The third-order valence-electron chi connectivity index (χ3n) is 3.77. The van der Waals surface area contributed by atoms with Crippen LogP contribution in [-0.4, -0.2) is 51.6 Å². The van der Waals surface area contributed by atoms with Crippen molar-refractivity contribution in [2.45, 2.75) is 18.3 Å². The van der Waals surface area contributed by atoms with Gasteiger partial charge in [0.1, 0.15) is 12.7 Å². The summed E-state index contributed by atoms with van der Waals surface area (Å²) in [5, 5.41) is 0. The number of anilines is 1. The van der Waals surface area contributed by atoms with E-state index < -0.39 is 22.3 Å². The highest BCUT2D eigenvalue weighted by Gasteiger charge is 2.33. The summed E-state index contributed by atoms with van der Waals surface area (Å²) in [5.74, 6) is 1.63. The number of carbonyl (C=O) groups excluding carboxylic acids is 2. The minimum atomic E-state index is -3.58. The Balaban J connectivity index is 1.76. The number of carbonyl (C=O) groups is 2. The van der Waals surface area contributed by atoms with Crippen LogP contribution in [-0.2, 0) is 24.8 Å². The van der Waals surface area contributed by atoms with Gasteiger partial charge in [0.2, 0.25) is 0 Å². The zero-order valence-electron chi connectivity index (χ0n) is 13.1. The molecule has 1 amide bonds. The number of thioether (sulfide) groups is 1. The number of benzene rings is 1. The van der Waals surface area contributed by atoms with Crippen LogP contribution >= 0.6 is 11.8 Å². The van der Waals surface area contributed by atoms with E-state index in [4.69, 9.17) is 4.74 Å². The van der Waals surface area contributed by atoms with Gasteiger partial charge in [-0.2, -0.15) is 20.2 Å². The van der Waals surface area contributed by atoms with Crippen molar-refractivity contribution in [3.05, 3.63) is 29.3 Å². The standard InChI is InChI=1S/C15H17NO6S2/c1-24(19,20)21-8-12-7-16(15(18)22-12)11-2-3-13-10(6-11)9-23-5-4-14(13)17/h2-3,6,12H,4-5,7-9H2,1H3. The molecular weight excluding hydrogens is 354 g/mol. The molecule has 0 aromatic heterocycles. The lowest BCUT2D eigenvalue weighted by atomic mass is 10.0. The largest absolute Gasteiger partial charge is 0.441 e. The predicted octanol–water partition coefficient (Wildman–Crippen LogP) is 1.81. The molecule has 3 rings (SSSR count). The van der Waals surface area contributed by atoms with Crippen LogP contribution in [0.25, 0.3) is 0 Å². The molecule has 0 N–H and O–H groups in total. The molecule has 0 radical (unpaired) electrons. The van der Waals surface area contributed by atoms with Crippen LogP contribution in [0.5, 0.6) is 0 Å². The van der Waals surface area contributed by atoms with E-state index in [0.29, 0.717) is 17.7 Å². The smallest absolute Gasteiger partial charge is 0.414 e. The number of cyclic esters (lactones) is 1. The van der Waals surface area contributed by atoms with Gasteiger partial charge in [-0.3, -0.25) is 13.9 Å². The number of Topliss-reactive ketones (excluding diaryl/α,β-unsaturated/α-hetero) is 1. The Hall–Kier alpha value is -1.58. The molecule has 1 saturated heterocycles. The molecule has 2 heterocycles.